The van der Waals surface area contributed by atoms with Crippen molar-refractivity contribution in [1.82, 2.24) is 15.5 Å². The van der Waals surface area contributed by atoms with Crippen LogP contribution >= 0.6 is 0 Å². The number of carbonyl (C=O) groups excluding carboxylic acids is 3. The lowest BCUT2D eigenvalue weighted by Gasteiger charge is -2.32. The van der Waals surface area contributed by atoms with E-state index in [1.165, 1.54) is 0 Å². The highest BCUT2D eigenvalue weighted by molar-refractivity contribution is 5.92. The maximum absolute atomic E-state index is 13.2. The van der Waals surface area contributed by atoms with E-state index in [1.54, 1.807) is 4.90 Å². The van der Waals surface area contributed by atoms with Gasteiger partial charge in [0.15, 0.2) is 0 Å². The SMILES string of the molecule is Cc1ccc(NC(=O)NCC(=O)N2CCCCCCNC(=O)CC2c2ccccc2)cc1C. The maximum atomic E-state index is 13.2. The molecule has 0 aromatic heterocycles. The van der Waals surface area contributed by atoms with Gasteiger partial charge in [0, 0.05) is 18.8 Å². The van der Waals surface area contributed by atoms with E-state index in [0.717, 1.165) is 42.4 Å². The zero-order valence-corrected chi connectivity index (χ0v) is 19.5. The molecule has 1 atom stereocenters. The highest BCUT2D eigenvalue weighted by Gasteiger charge is 2.27. The molecule has 0 aliphatic carbocycles. The van der Waals surface area contributed by atoms with Crippen molar-refractivity contribution >= 4 is 23.5 Å². The van der Waals surface area contributed by atoms with Gasteiger partial charge in [-0.05, 0) is 55.5 Å². The van der Waals surface area contributed by atoms with Crippen LogP contribution in [-0.4, -0.2) is 42.4 Å². The molecule has 2 aromatic rings. The van der Waals surface area contributed by atoms with Gasteiger partial charge in [-0.25, -0.2) is 4.79 Å². The molecule has 1 unspecified atom stereocenters. The van der Waals surface area contributed by atoms with Crippen molar-refractivity contribution < 1.29 is 14.4 Å². The van der Waals surface area contributed by atoms with E-state index in [-0.39, 0.29) is 30.8 Å². The number of benzene rings is 2. The number of hydrogen-bond donors (Lipinski definition) is 3. The summed E-state index contributed by atoms with van der Waals surface area (Å²) < 4.78 is 0. The number of nitrogens with one attached hydrogen (secondary N) is 3. The van der Waals surface area contributed by atoms with Crippen molar-refractivity contribution in [2.24, 2.45) is 0 Å². The number of hydrogen-bond acceptors (Lipinski definition) is 3. The van der Waals surface area contributed by atoms with E-state index in [1.807, 2.05) is 62.4 Å². The van der Waals surface area contributed by atoms with E-state index in [2.05, 4.69) is 16.0 Å². The second-order valence-electron chi connectivity index (χ2n) is 8.59. The molecular formula is C26H34N4O3. The van der Waals surface area contributed by atoms with Gasteiger partial charge in [0.1, 0.15) is 0 Å². The molecule has 1 fully saturated rings. The van der Waals surface area contributed by atoms with Gasteiger partial charge in [0.2, 0.25) is 11.8 Å². The Morgan fingerprint density at radius 2 is 1.76 bits per heavy atom. The molecule has 1 aliphatic rings. The van der Waals surface area contributed by atoms with E-state index in [4.69, 9.17) is 0 Å². The molecule has 1 saturated heterocycles. The summed E-state index contributed by atoms with van der Waals surface area (Å²) in [5, 5.41) is 8.43. The van der Waals surface area contributed by atoms with Gasteiger partial charge in [-0.15, -0.1) is 0 Å². The third-order valence-electron chi connectivity index (χ3n) is 6.07. The van der Waals surface area contributed by atoms with Crippen LogP contribution in [0.3, 0.4) is 0 Å². The highest BCUT2D eigenvalue weighted by Crippen LogP contribution is 2.26. The third kappa shape index (κ3) is 7.34. The maximum Gasteiger partial charge on any atom is 0.319 e. The minimum absolute atomic E-state index is 0.0657. The Bertz CT molecular complexity index is 961. The van der Waals surface area contributed by atoms with Crippen LogP contribution in [-0.2, 0) is 9.59 Å². The molecule has 7 nitrogen and oxygen atoms in total. The van der Waals surface area contributed by atoms with Crippen LogP contribution in [0.5, 0.6) is 0 Å². The normalized spacial score (nSPS) is 17.5. The first-order valence-corrected chi connectivity index (χ1v) is 11.7. The quantitative estimate of drug-likeness (QED) is 0.656. The Kier molecular flexibility index (Phi) is 8.87. The van der Waals surface area contributed by atoms with E-state index >= 15 is 0 Å². The molecule has 33 heavy (non-hydrogen) atoms. The van der Waals surface area contributed by atoms with Gasteiger partial charge in [0.05, 0.1) is 19.0 Å². The molecule has 176 valence electrons. The van der Waals surface area contributed by atoms with Crippen molar-refractivity contribution in [2.75, 3.05) is 25.0 Å². The summed E-state index contributed by atoms with van der Waals surface area (Å²) in [6.07, 6.45) is 4.00. The average Bonchev–Trinajstić information content (AvgIpc) is 2.85. The zero-order valence-electron chi connectivity index (χ0n) is 19.5. The molecule has 4 amide bonds. The molecule has 1 heterocycles. The first kappa shape index (κ1) is 24.3. The Balaban J connectivity index is 1.70. The Morgan fingerprint density at radius 3 is 2.52 bits per heavy atom. The lowest BCUT2D eigenvalue weighted by molar-refractivity contribution is -0.134. The molecule has 3 rings (SSSR count). The lowest BCUT2D eigenvalue weighted by Crippen LogP contribution is -2.44. The number of amides is 4. The fourth-order valence-electron chi connectivity index (χ4n) is 4.03. The molecule has 0 saturated carbocycles. The number of aryl methyl sites for hydroxylation is 2. The summed E-state index contributed by atoms with van der Waals surface area (Å²) in [7, 11) is 0. The summed E-state index contributed by atoms with van der Waals surface area (Å²) >= 11 is 0. The largest absolute Gasteiger partial charge is 0.356 e. The van der Waals surface area contributed by atoms with Crippen molar-refractivity contribution in [1.29, 1.82) is 0 Å². The fourth-order valence-corrected chi connectivity index (χ4v) is 4.03. The predicted octanol–water partition coefficient (Wildman–Crippen LogP) is 4.08. The van der Waals surface area contributed by atoms with Crippen molar-refractivity contribution in [3.63, 3.8) is 0 Å². The van der Waals surface area contributed by atoms with Gasteiger partial charge in [-0.3, -0.25) is 9.59 Å². The van der Waals surface area contributed by atoms with Crippen LogP contribution in [0, 0.1) is 13.8 Å². The number of anilines is 1. The molecule has 0 radical (unpaired) electrons. The number of urea groups is 1. The molecule has 7 heteroatoms. The predicted molar refractivity (Wildman–Crippen MR) is 130 cm³/mol. The topological polar surface area (TPSA) is 90.5 Å². The smallest absolute Gasteiger partial charge is 0.319 e. The van der Waals surface area contributed by atoms with Gasteiger partial charge in [-0.1, -0.05) is 49.2 Å². The van der Waals surface area contributed by atoms with Crippen molar-refractivity contribution in [3.05, 3.63) is 65.2 Å². The molecule has 2 aromatic carbocycles. The van der Waals surface area contributed by atoms with Crippen LogP contribution in [0.2, 0.25) is 0 Å². The number of nitrogens with zero attached hydrogens (tertiary/aromatic N) is 1. The highest BCUT2D eigenvalue weighted by atomic mass is 16.2. The van der Waals surface area contributed by atoms with Crippen LogP contribution in [0.4, 0.5) is 10.5 Å². The second-order valence-corrected chi connectivity index (χ2v) is 8.59. The Hall–Kier alpha value is -3.35. The summed E-state index contributed by atoms with van der Waals surface area (Å²) in [5.41, 5.74) is 3.82. The molecular weight excluding hydrogens is 416 g/mol. The average molecular weight is 451 g/mol. The Morgan fingerprint density at radius 1 is 1.00 bits per heavy atom. The van der Waals surface area contributed by atoms with Gasteiger partial charge >= 0.3 is 6.03 Å². The summed E-state index contributed by atoms with van der Waals surface area (Å²) in [4.78, 5) is 40.0. The Labute approximate surface area is 195 Å². The lowest BCUT2D eigenvalue weighted by atomic mass is 10.0. The number of carbonyl (C=O) groups is 3. The first-order valence-electron chi connectivity index (χ1n) is 11.7. The summed E-state index contributed by atoms with van der Waals surface area (Å²) in [6.45, 7) is 5.07. The molecule has 0 bridgehead atoms. The van der Waals surface area contributed by atoms with Crippen molar-refractivity contribution in [3.8, 4) is 0 Å². The summed E-state index contributed by atoms with van der Waals surface area (Å²) in [6, 6.07) is 14.5. The summed E-state index contributed by atoms with van der Waals surface area (Å²) in [5.74, 6) is -0.268. The minimum atomic E-state index is -0.432. The molecule has 3 N–H and O–H groups in total. The molecule has 0 spiro atoms. The second kappa shape index (κ2) is 12.0. The van der Waals surface area contributed by atoms with Crippen LogP contribution in [0.1, 0.15) is 54.8 Å². The minimum Gasteiger partial charge on any atom is -0.356 e. The number of rotatable bonds is 4. The van der Waals surface area contributed by atoms with Gasteiger partial charge in [-0.2, -0.15) is 0 Å². The molecule has 1 aliphatic heterocycles. The first-order chi connectivity index (χ1) is 15.9. The third-order valence-corrected chi connectivity index (χ3v) is 6.07. The van der Waals surface area contributed by atoms with E-state index < -0.39 is 6.03 Å². The van der Waals surface area contributed by atoms with Crippen LogP contribution in [0.15, 0.2) is 48.5 Å². The van der Waals surface area contributed by atoms with E-state index in [0.29, 0.717) is 18.8 Å². The van der Waals surface area contributed by atoms with Crippen LogP contribution in [0.25, 0.3) is 0 Å². The van der Waals surface area contributed by atoms with Crippen molar-refractivity contribution in [2.45, 2.75) is 52.0 Å². The monoisotopic (exact) mass is 450 g/mol. The van der Waals surface area contributed by atoms with Gasteiger partial charge < -0.3 is 20.9 Å². The van der Waals surface area contributed by atoms with Gasteiger partial charge in [0.25, 0.3) is 0 Å². The zero-order chi connectivity index (χ0) is 23.6. The van der Waals surface area contributed by atoms with Crippen LogP contribution < -0.4 is 16.0 Å². The standard InChI is InChI=1S/C26H34N4O3/c1-19-12-13-22(16-20(19)2)29-26(33)28-18-25(32)30-15-9-4-3-8-14-27-24(31)17-23(30)21-10-6-5-7-11-21/h5-7,10-13,16,23H,3-4,8-9,14-15,17-18H2,1-2H3,(H,27,31)(H2,28,29,33). The fraction of sp³-hybridized carbons (Fsp3) is 0.423. The van der Waals surface area contributed by atoms with E-state index in [9.17, 15) is 14.4 Å².